The normalized spacial score (nSPS) is 15.6. The van der Waals surface area contributed by atoms with Crippen LogP contribution in [0.25, 0.3) is 0 Å². The van der Waals surface area contributed by atoms with Crippen molar-refractivity contribution in [3.63, 3.8) is 0 Å². The van der Waals surface area contributed by atoms with Crippen molar-refractivity contribution in [2.75, 3.05) is 6.54 Å². The van der Waals surface area contributed by atoms with E-state index in [4.69, 9.17) is 0 Å². The maximum absolute atomic E-state index is 3.70. The molecule has 1 aromatic rings. The van der Waals surface area contributed by atoms with E-state index in [9.17, 15) is 0 Å². The summed E-state index contributed by atoms with van der Waals surface area (Å²) in [5.41, 5.74) is 1.90. The van der Waals surface area contributed by atoms with E-state index in [1.807, 2.05) is 0 Å². The van der Waals surface area contributed by atoms with Crippen LogP contribution in [0.3, 0.4) is 0 Å². The Morgan fingerprint density at radius 1 is 1.33 bits per heavy atom. The van der Waals surface area contributed by atoms with Gasteiger partial charge in [0.05, 0.1) is 0 Å². The van der Waals surface area contributed by atoms with Gasteiger partial charge in [0.15, 0.2) is 0 Å². The maximum Gasteiger partial charge on any atom is 0.0331 e. The fourth-order valence-corrected chi connectivity index (χ4v) is 3.37. The van der Waals surface area contributed by atoms with E-state index in [1.165, 1.54) is 24.8 Å². The van der Waals surface area contributed by atoms with Gasteiger partial charge >= 0.3 is 0 Å². The van der Waals surface area contributed by atoms with Gasteiger partial charge in [0.1, 0.15) is 0 Å². The lowest BCUT2D eigenvalue weighted by Crippen LogP contribution is -2.24. The summed E-state index contributed by atoms with van der Waals surface area (Å²) in [6.45, 7) is 12.7. The highest BCUT2D eigenvalue weighted by Crippen LogP contribution is 2.31. The lowest BCUT2D eigenvalue weighted by molar-refractivity contribution is 0.276. The SMILES string of the molecule is CCCNC(CC(C)CC(C)(C)C)c1ccsc1. The van der Waals surface area contributed by atoms with Crippen molar-refractivity contribution in [2.45, 2.75) is 59.9 Å². The monoisotopic (exact) mass is 267 g/mol. The van der Waals surface area contributed by atoms with Crippen molar-refractivity contribution >= 4 is 11.3 Å². The van der Waals surface area contributed by atoms with E-state index < -0.39 is 0 Å². The molecule has 0 amide bonds. The van der Waals surface area contributed by atoms with Gasteiger partial charge in [0.2, 0.25) is 0 Å². The van der Waals surface area contributed by atoms with Crippen LogP contribution in [0.5, 0.6) is 0 Å². The van der Waals surface area contributed by atoms with Gasteiger partial charge in [-0.3, -0.25) is 0 Å². The molecule has 0 aliphatic carbocycles. The predicted octanol–water partition coefficient (Wildman–Crippen LogP) is 5.25. The van der Waals surface area contributed by atoms with Gasteiger partial charge in [0, 0.05) is 6.04 Å². The van der Waals surface area contributed by atoms with Gasteiger partial charge < -0.3 is 5.32 Å². The van der Waals surface area contributed by atoms with Gasteiger partial charge in [-0.2, -0.15) is 11.3 Å². The van der Waals surface area contributed by atoms with Crippen LogP contribution >= 0.6 is 11.3 Å². The first kappa shape index (κ1) is 15.7. The zero-order valence-corrected chi connectivity index (χ0v) is 13.4. The molecule has 1 N–H and O–H groups in total. The zero-order chi connectivity index (χ0) is 13.6. The Kier molecular flexibility index (Phi) is 6.37. The third-order valence-corrected chi connectivity index (χ3v) is 3.89. The van der Waals surface area contributed by atoms with E-state index >= 15 is 0 Å². The second-order valence-electron chi connectivity index (χ2n) is 6.67. The number of rotatable bonds is 7. The Balaban J connectivity index is 2.56. The molecule has 0 spiro atoms. The molecular formula is C16H29NS. The third-order valence-electron chi connectivity index (χ3n) is 3.19. The van der Waals surface area contributed by atoms with Gasteiger partial charge in [-0.15, -0.1) is 0 Å². The first-order valence-electron chi connectivity index (χ1n) is 7.18. The van der Waals surface area contributed by atoms with Gasteiger partial charge in [-0.05, 0) is 59.5 Å². The van der Waals surface area contributed by atoms with Crippen molar-refractivity contribution in [3.05, 3.63) is 22.4 Å². The van der Waals surface area contributed by atoms with E-state index in [2.05, 4.69) is 56.8 Å². The molecule has 0 aromatic carbocycles. The van der Waals surface area contributed by atoms with Crippen molar-refractivity contribution in [2.24, 2.45) is 11.3 Å². The summed E-state index contributed by atoms with van der Waals surface area (Å²) < 4.78 is 0. The highest BCUT2D eigenvalue weighted by molar-refractivity contribution is 7.07. The first-order valence-corrected chi connectivity index (χ1v) is 8.12. The molecule has 104 valence electrons. The Morgan fingerprint density at radius 3 is 2.56 bits per heavy atom. The second-order valence-corrected chi connectivity index (χ2v) is 7.45. The molecule has 0 radical (unpaired) electrons. The standard InChI is InChI=1S/C16H29NS/c1-6-8-17-15(14-7-9-18-12-14)10-13(2)11-16(3,4)5/h7,9,12-13,15,17H,6,8,10-11H2,1-5H3. The number of thiophene rings is 1. The zero-order valence-electron chi connectivity index (χ0n) is 12.6. The molecule has 1 aromatic heterocycles. The molecule has 18 heavy (non-hydrogen) atoms. The average molecular weight is 267 g/mol. The van der Waals surface area contributed by atoms with Gasteiger partial charge in [-0.25, -0.2) is 0 Å². The summed E-state index contributed by atoms with van der Waals surface area (Å²) in [6.07, 6.45) is 3.74. The van der Waals surface area contributed by atoms with Gasteiger partial charge in [-0.1, -0.05) is 34.6 Å². The van der Waals surface area contributed by atoms with E-state index in [0.29, 0.717) is 11.5 Å². The minimum absolute atomic E-state index is 0.434. The van der Waals surface area contributed by atoms with Crippen LogP contribution in [0.4, 0.5) is 0 Å². The highest BCUT2D eigenvalue weighted by atomic mass is 32.1. The lowest BCUT2D eigenvalue weighted by Gasteiger charge is -2.27. The van der Waals surface area contributed by atoms with Crippen molar-refractivity contribution < 1.29 is 0 Å². The quantitative estimate of drug-likeness (QED) is 0.711. The Labute approximate surface area is 117 Å². The molecule has 0 fully saturated rings. The summed E-state index contributed by atoms with van der Waals surface area (Å²) in [7, 11) is 0. The minimum Gasteiger partial charge on any atom is -0.310 e. The fourth-order valence-electron chi connectivity index (χ4n) is 2.66. The molecule has 0 saturated heterocycles. The van der Waals surface area contributed by atoms with Gasteiger partial charge in [0.25, 0.3) is 0 Å². The summed E-state index contributed by atoms with van der Waals surface area (Å²) in [5.74, 6) is 0.763. The van der Waals surface area contributed by atoms with Crippen LogP contribution in [-0.4, -0.2) is 6.54 Å². The summed E-state index contributed by atoms with van der Waals surface area (Å²) in [5, 5.41) is 8.17. The molecule has 1 heterocycles. The van der Waals surface area contributed by atoms with Crippen LogP contribution in [0.1, 0.15) is 65.5 Å². The molecule has 2 atom stereocenters. The predicted molar refractivity (Wildman–Crippen MR) is 83.2 cm³/mol. The third kappa shape index (κ3) is 6.01. The fraction of sp³-hybridized carbons (Fsp3) is 0.750. The molecule has 1 rings (SSSR count). The summed E-state index contributed by atoms with van der Waals surface area (Å²) in [4.78, 5) is 0. The largest absolute Gasteiger partial charge is 0.310 e. The van der Waals surface area contributed by atoms with E-state index in [-0.39, 0.29) is 0 Å². The van der Waals surface area contributed by atoms with Crippen LogP contribution < -0.4 is 5.32 Å². The van der Waals surface area contributed by atoms with Crippen molar-refractivity contribution in [1.29, 1.82) is 0 Å². The minimum atomic E-state index is 0.434. The molecular weight excluding hydrogens is 238 g/mol. The van der Waals surface area contributed by atoms with Crippen LogP contribution in [0.15, 0.2) is 16.8 Å². The topological polar surface area (TPSA) is 12.0 Å². The Bertz CT molecular complexity index is 310. The highest BCUT2D eigenvalue weighted by Gasteiger charge is 2.20. The Morgan fingerprint density at radius 2 is 2.06 bits per heavy atom. The molecule has 0 saturated carbocycles. The molecule has 1 nitrogen and oxygen atoms in total. The van der Waals surface area contributed by atoms with Crippen LogP contribution in [0.2, 0.25) is 0 Å². The average Bonchev–Trinajstić information content (AvgIpc) is 2.74. The van der Waals surface area contributed by atoms with Crippen LogP contribution in [-0.2, 0) is 0 Å². The summed E-state index contributed by atoms with van der Waals surface area (Å²) in [6, 6.07) is 2.80. The first-order chi connectivity index (χ1) is 8.42. The molecule has 2 heteroatoms. The maximum atomic E-state index is 3.70. The molecule has 2 unspecified atom stereocenters. The Hall–Kier alpha value is -0.340. The number of hydrogen-bond donors (Lipinski definition) is 1. The van der Waals surface area contributed by atoms with Crippen molar-refractivity contribution in [1.82, 2.24) is 5.32 Å². The van der Waals surface area contributed by atoms with Crippen LogP contribution in [0, 0.1) is 11.3 Å². The molecule has 0 aliphatic heterocycles. The molecule has 0 aliphatic rings. The molecule has 0 bridgehead atoms. The van der Waals surface area contributed by atoms with Crippen molar-refractivity contribution in [3.8, 4) is 0 Å². The number of nitrogens with one attached hydrogen (secondary N) is 1. The van der Waals surface area contributed by atoms with E-state index in [1.54, 1.807) is 11.3 Å². The number of hydrogen-bond acceptors (Lipinski definition) is 2. The lowest BCUT2D eigenvalue weighted by atomic mass is 9.82. The second kappa shape index (κ2) is 7.30. The smallest absolute Gasteiger partial charge is 0.0331 e. The summed E-state index contributed by atoms with van der Waals surface area (Å²) >= 11 is 1.80. The van der Waals surface area contributed by atoms with E-state index in [0.717, 1.165) is 12.5 Å².